The van der Waals surface area contributed by atoms with Crippen LogP contribution >= 0.6 is 0 Å². The van der Waals surface area contributed by atoms with Crippen LogP contribution in [0, 0.1) is 0 Å². The molecule has 0 amide bonds. The zero-order valence-corrected chi connectivity index (χ0v) is 8.52. The van der Waals surface area contributed by atoms with Crippen LogP contribution in [0.1, 0.15) is 5.82 Å². The van der Waals surface area contributed by atoms with Gasteiger partial charge in [0.05, 0.1) is 20.0 Å². The number of rotatable bonds is 4. The number of methoxy groups -OCH3 is 1. The fraction of sp³-hybridized carbons (Fsp3) is 0.250. The molecular formula is C8H10N6O2. The lowest BCUT2D eigenvalue weighted by Gasteiger charge is -2.06. The van der Waals surface area contributed by atoms with Crippen LogP contribution in [0.5, 0.6) is 5.75 Å². The van der Waals surface area contributed by atoms with Gasteiger partial charge in [-0.2, -0.15) is 5.10 Å². The minimum absolute atomic E-state index is 0.141. The summed E-state index contributed by atoms with van der Waals surface area (Å²) in [5.41, 5.74) is -0.336. The quantitative estimate of drug-likeness (QED) is 0.644. The molecule has 0 aliphatic heterocycles. The van der Waals surface area contributed by atoms with Crippen LogP contribution in [0.15, 0.2) is 17.4 Å². The molecule has 16 heavy (non-hydrogen) atoms. The molecule has 0 bridgehead atoms. The van der Waals surface area contributed by atoms with Crippen molar-refractivity contribution in [1.82, 2.24) is 25.1 Å². The van der Waals surface area contributed by atoms with Crippen LogP contribution in [0.4, 0.5) is 5.82 Å². The Hall–Kier alpha value is -2.38. The molecule has 0 fully saturated rings. The third-order valence-corrected chi connectivity index (χ3v) is 1.90. The lowest BCUT2D eigenvalue weighted by molar-refractivity contribution is 0.408. The standard InChI is InChI=1S/C8H10N6O2/c1-16-6-7(11-3-12-8(6)15)9-2-5-10-4-13-14-5/h3-4H,2H2,1H3,(H,10,13,14)(H2,9,11,12,15). The second-order valence-corrected chi connectivity index (χ2v) is 2.90. The summed E-state index contributed by atoms with van der Waals surface area (Å²) in [4.78, 5) is 21.6. The summed E-state index contributed by atoms with van der Waals surface area (Å²) in [6.45, 7) is 0.382. The Labute approximate surface area is 90.1 Å². The summed E-state index contributed by atoms with van der Waals surface area (Å²) >= 11 is 0. The summed E-state index contributed by atoms with van der Waals surface area (Å²) in [5, 5.41) is 9.30. The van der Waals surface area contributed by atoms with Gasteiger partial charge < -0.3 is 15.0 Å². The van der Waals surface area contributed by atoms with Crippen LogP contribution in [-0.4, -0.2) is 32.3 Å². The third kappa shape index (κ3) is 2.00. The van der Waals surface area contributed by atoms with Crippen LogP contribution in [0.25, 0.3) is 0 Å². The molecule has 0 aromatic carbocycles. The van der Waals surface area contributed by atoms with Crippen molar-refractivity contribution in [3.05, 3.63) is 28.8 Å². The van der Waals surface area contributed by atoms with Crippen molar-refractivity contribution in [1.29, 1.82) is 0 Å². The van der Waals surface area contributed by atoms with Gasteiger partial charge >= 0.3 is 0 Å². The average molecular weight is 222 g/mol. The predicted octanol–water partition coefficient (Wildman–Crippen LogP) is -0.491. The maximum atomic E-state index is 11.3. The molecule has 2 rings (SSSR count). The van der Waals surface area contributed by atoms with Crippen molar-refractivity contribution >= 4 is 5.82 Å². The van der Waals surface area contributed by atoms with E-state index in [9.17, 15) is 4.79 Å². The first kappa shape index (κ1) is 10.1. The Morgan fingerprint density at radius 2 is 2.38 bits per heavy atom. The molecule has 2 aromatic rings. The van der Waals surface area contributed by atoms with Crippen molar-refractivity contribution in [3.8, 4) is 5.75 Å². The SMILES string of the molecule is COc1c(NCc2ncn[nH]2)nc[nH]c1=O. The van der Waals surface area contributed by atoms with Crippen molar-refractivity contribution < 1.29 is 4.74 Å². The normalized spacial score (nSPS) is 10.1. The molecule has 8 heteroatoms. The molecule has 0 spiro atoms. The van der Waals surface area contributed by atoms with E-state index in [-0.39, 0.29) is 11.3 Å². The molecule has 84 valence electrons. The first-order chi connectivity index (χ1) is 7.81. The number of aromatic nitrogens is 5. The number of nitrogens with one attached hydrogen (secondary N) is 3. The topological polar surface area (TPSA) is 109 Å². The third-order valence-electron chi connectivity index (χ3n) is 1.90. The van der Waals surface area contributed by atoms with Crippen LogP contribution < -0.4 is 15.6 Å². The van der Waals surface area contributed by atoms with Gasteiger partial charge in [0.2, 0.25) is 5.75 Å². The molecule has 3 N–H and O–H groups in total. The van der Waals surface area contributed by atoms with Gasteiger partial charge in [-0.25, -0.2) is 9.97 Å². The van der Waals surface area contributed by atoms with Crippen LogP contribution in [0.2, 0.25) is 0 Å². The van der Waals surface area contributed by atoms with E-state index >= 15 is 0 Å². The molecule has 0 aliphatic carbocycles. The maximum absolute atomic E-state index is 11.3. The Kier molecular flexibility index (Phi) is 2.81. The van der Waals surface area contributed by atoms with Gasteiger partial charge in [0.25, 0.3) is 5.56 Å². The minimum atomic E-state index is -0.336. The van der Waals surface area contributed by atoms with E-state index in [1.165, 1.54) is 19.8 Å². The first-order valence-electron chi connectivity index (χ1n) is 4.51. The van der Waals surface area contributed by atoms with Crippen molar-refractivity contribution in [2.24, 2.45) is 0 Å². The Morgan fingerprint density at radius 1 is 1.50 bits per heavy atom. The second-order valence-electron chi connectivity index (χ2n) is 2.90. The van der Waals surface area contributed by atoms with Crippen molar-refractivity contribution in [3.63, 3.8) is 0 Å². The zero-order valence-electron chi connectivity index (χ0n) is 8.52. The van der Waals surface area contributed by atoms with Gasteiger partial charge in [0.15, 0.2) is 5.82 Å². The average Bonchev–Trinajstić information content (AvgIpc) is 2.79. The van der Waals surface area contributed by atoms with E-state index in [1.807, 2.05) is 0 Å². The molecule has 2 heterocycles. The van der Waals surface area contributed by atoms with Gasteiger partial charge in [-0.05, 0) is 0 Å². The maximum Gasteiger partial charge on any atom is 0.295 e. The zero-order chi connectivity index (χ0) is 11.4. The second kappa shape index (κ2) is 4.43. The minimum Gasteiger partial charge on any atom is -0.489 e. The highest BCUT2D eigenvalue weighted by Gasteiger charge is 2.08. The van der Waals surface area contributed by atoms with E-state index in [4.69, 9.17) is 4.74 Å². The molecular weight excluding hydrogens is 212 g/mol. The number of hydrogen-bond acceptors (Lipinski definition) is 6. The fourth-order valence-electron chi connectivity index (χ4n) is 1.19. The van der Waals surface area contributed by atoms with E-state index in [2.05, 4.69) is 30.5 Å². The van der Waals surface area contributed by atoms with Crippen molar-refractivity contribution in [2.75, 3.05) is 12.4 Å². The van der Waals surface area contributed by atoms with Gasteiger partial charge in [-0.3, -0.25) is 9.89 Å². The summed E-state index contributed by atoms with van der Waals surface area (Å²) in [6.07, 6.45) is 2.70. The van der Waals surface area contributed by atoms with E-state index in [0.717, 1.165) is 0 Å². The lowest BCUT2D eigenvalue weighted by Crippen LogP contribution is -2.14. The summed E-state index contributed by atoms with van der Waals surface area (Å²) < 4.78 is 4.93. The fourth-order valence-corrected chi connectivity index (χ4v) is 1.19. The molecule has 0 radical (unpaired) electrons. The molecule has 2 aromatic heterocycles. The smallest absolute Gasteiger partial charge is 0.295 e. The van der Waals surface area contributed by atoms with E-state index in [1.54, 1.807) is 0 Å². The highest BCUT2D eigenvalue weighted by Crippen LogP contribution is 2.14. The molecule has 0 atom stereocenters. The molecule has 0 unspecified atom stereocenters. The molecule has 0 aliphatic rings. The number of anilines is 1. The number of aromatic amines is 2. The van der Waals surface area contributed by atoms with Crippen LogP contribution in [0.3, 0.4) is 0 Å². The Bertz CT molecular complexity index is 505. The number of nitrogens with zero attached hydrogens (tertiary/aromatic N) is 3. The Balaban J connectivity index is 2.15. The van der Waals surface area contributed by atoms with Gasteiger partial charge in [-0.15, -0.1) is 0 Å². The predicted molar refractivity (Wildman–Crippen MR) is 55.1 cm³/mol. The number of hydrogen-bond donors (Lipinski definition) is 3. The number of H-pyrrole nitrogens is 2. The van der Waals surface area contributed by atoms with Gasteiger partial charge in [0, 0.05) is 0 Å². The largest absolute Gasteiger partial charge is 0.489 e. The summed E-state index contributed by atoms with van der Waals surface area (Å²) in [5.74, 6) is 1.15. The monoisotopic (exact) mass is 222 g/mol. The van der Waals surface area contributed by atoms with E-state index in [0.29, 0.717) is 18.2 Å². The van der Waals surface area contributed by atoms with Gasteiger partial charge in [-0.1, -0.05) is 0 Å². The highest BCUT2D eigenvalue weighted by molar-refractivity contribution is 5.47. The summed E-state index contributed by atoms with van der Waals surface area (Å²) in [6, 6.07) is 0. The van der Waals surface area contributed by atoms with Crippen molar-refractivity contribution in [2.45, 2.75) is 6.54 Å². The van der Waals surface area contributed by atoms with Crippen LogP contribution in [-0.2, 0) is 6.54 Å². The molecule has 8 nitrogen and oxygen atoms in total. The van der Waals surface area contributed by atoms with E-state index < -0.39 is 0 Å². The van der Waals surface area contributed by atoms with Gasteiger partial charge in [0.1, 0.15) is 12.2 Å². The lowest BCUT2D eigenvalue weighted by atomic mass is 10.5. The Morgan fingerprint density at radius 3 is 3.06 bits per heavy atom. The summed E-state index contributed by atoms with van der Waals surface area (Å²) in [7, 11) is 1.41. The number of ether oxygens (including phenoxy) is 1. The first-order valence-corrected chi connectivity index (χ1v) is 4.51. The molecule has 0 saturated carbocycles. The highest BCUT2D eigenvalue weighted by atomic mass is 16.5. The molecule has 0 saturated heterocycles.